The molecular weight excluding hydrogens is 630 g/mol. The van der Waals surface area contributed by atoms with Crippen molar-refractivity contribution in [2.45, 2.75) is 31.7 Å². The highest BCUT2D eigenvalue weighted by Gasteiger charge is 2.33. The Morgan fingerprint density at radius 2 is 0.884 bits per heavy atom. The van der Waals surface area contributed by atoms with Gasteiger partial charge in [0.1, 0.15) is 25.4 Å². The van der Waals surface area contributed by atoms with Crippen molar-refractivity contribution in [2.24, 2.45) is 0 Å². The number of benzene rings is 4. The van der Waals surface area contributed by atoms with Gasteiger partial charge in [0.05, 0.1) is 12.1 Å². The van der Waals surface area contributed by atoms with Gasteiger partial charge in [-0.15, -0.1) is 0 Å². The van der Waals surface area contributed by atoms with Crippen LogP contribution in [0.1, 0.15) is 54.0 Å². The van der Waals surface area contributed by atoms with Gasteiger partial charge in [0.15, 0.2) is 0 Å². The van der Waals surface area contributed by atoms with Gasteiger partial charge in [-0.25, -0.2) is 0 Å². The summed E-state index contributed by atoms with van der Waals surface area (Å²) in [6.07, 6.45) is -0.551. The second kappa shape index (κ2) is 15.1. The van der Waals surface area contributed by atoms with Crippen LogP contribution in [0, 0.1) is 0 Å². The second-order valence-electron chi connectivity index (χ2n) is 9.77. The lowest BCUT2D eigenvalue weighted by Crippen LogP contribution is -2.41. The van der Waals surface area contributed by atoms with Crippen LogP contribution in [0.3, 0.4) is 0 Å². The number of hydrogen-bond acceptors (Lipinski definition) is 4. The molecule has 2 saturated heterocycles. The molecule has 2 heterocycles. The predicted octanol–water partition coefficient (Wildman–Crippen LogP) is 8.48. The molecule has 0 aliphatic carbocycles. The van der Waals surface area contributed by atoms with Crippen molar-refractivity contribution in [2.75, 3.05) is 13.2 Å². The molecule has 2 aliphatic heterocycles. The summed E-state index contributed by atoms with van der Waals surface area (Å²) in [5.74, 6) is -0.263. The minimum Gasteiger partial charge on any atom is -0.361 e. The van der Waals surface area contributed by atoms with E-state index < -0.39 is 0 Å². The van der Waals surface area contributed by atoms with E-state index in [2.05, 4.69) is 10.6 Å². The summed E-state index contributed by atoms with van der Waals surface area (Å²) in [4.78, 5) is 23.3. The zero-order chi connectivity index (χ0) is 29.6. The number of rotatable bonds is 4. The summed E-state index contributed by atoms with van der Waals surface area (Å²) in [7, 11) is 0. The van der Waals surface area contributed by atoms with Crippen LogP contribution in [0.4, 0.5) is 0 Å². The van der Waals surface area contributed by atoms with Crippen LogP contribution < -0.4 is 10.6 Å². The van der Waals surface area contributed by atoms with Crippen LogP contribution in [0.5, 0.6) is 0 Å². The Morgan fingerprint density at radius 3 is 1.23 bits per heavy atom. The highest BCUT2D eigenvalue weighted by Crippen LogP contribution is 2.37. The number of morpholine rings is 2. The van der Waals surface area contributed by atoms with Crippen LogP contribution >= 0.6 is 46.4 Å². The molecule has 10 heteroatoms. The van der Waals surface area contributed by atoms with E-state index in [9.17, 15) is 9.59 Å². The normalized spacial score (nSPS) is 21.4. The summed E-state index contributed by atoms with van der Waals surface area (Å²) in [5.41, 5.74) is 3.75. The summed E-state index contributed by atoms with van der Waals surface area (Å²) in [6.45, 7) is 0.0859. The standard InChI is InChI=1S/2C16H13Cl2NO2.CH4/c2*17-12-6-4-10(5-7-12)15-16(21-9-14(20)19-15)11-2-1-3-13(18)8-11;/h2*1-8,15-16H,9H2,(H,19,20);1H4/t2*15-,16+;/m10./s1. The third kappa shape index (κ3) is 8.51. The number of hydrogen-bond donors (Lipinski definition) is 2. The van der Waals surface area contributed by atoms with E-state index in [-0.39, 0.29) is 56.7 Å². The summed E-state index contributed by atoms with van der Waals surface area (Å²) < 4.78 is 11.4. The minimum atomic E-state index is -0.275. The van der Waals surface area contributed by atoms with E-state index in [1.54, 1.807) is 24.3 Å². The molecule has 4 aromatic rings. The van der Waals surface area contributed by atoms with Crippen LogP contribution in [0.15, 0.2) is 97.1 Å². The molecule has 4 aromatic carbocycles. The van der Waals surface area contributed by atoms with Gasteiger partial charge < -0.3 is 20.1 Å². The second-order valence-corrected chi connectivity index (χ2v) is 11.5. The molecule has 43 heavy (non-hydrogen) atoms. The molecule has 0 bridgehead atoms. The highest BCUT2D eigenvalue weighted by molar-refractivity contribution is 6.31. The fourth-order valence-corrected chi connectivity index (χ4v) is 5.56. The van der Waals surface area contributed by atoms with E-state index in [1.807, 2.05) is 72.8 Å². The lowest BCUT2D eigenvalue weighted by Gasteiger charge is -2.33. The van der Waals surface area contributed by atoms with Crippen molar-refractivity contribution in [3.63, 3.8) is 0 Å². The molecule has 224 valence electrons. The van der Waals surface area contributed by atoms with Gasteiger partial charge in [-0.3, -0.25) is 9.59 Å². The lowest BCUT2D eigenvalue weighted by atomic mass is 9.94. The topological polar surface area (TPSA) is 76.7 Å². The number of nitrogens with one attached hydrogen (secondary N) is 2. The van der Waals surface area contributed by atoms with E-state index >= 15 is 0 Å². The summed E-state index contributed by atoms with van der Waals surface area (Å²) >= 11 is 23.9. The molecule has 6 rings (SSSR count). The Bertz CT molecular complexity index is 1430. The fourth-order valence-electron chi connectivity index (χ4n) is 4.91. The number of carbonyl (C=O) groups is 2. The van der Waals surface area contributed by atoms with E-state index in [0.717, 1.165) is 22.3 Å². The quantitative estimate of drug-likeness (QED) is 0.230. The van der Waals surface area contributed by atoms with Gasteiger partial charge in [-0.1, -0.05) is 102 Å². The average Bonchev–Trinajstić information content (AvgIpc) is 2.98. The largest absolute Gasteiger partial charge is 0.361 e. The van der Waals surface area contributed by atoms with Gasteiger partial charge in [0.2, 0.25) is 11.8 Å². The smallest absolute Gasteiger partial charge is 0.246 e. The minimum absolute atomic E-state index is 0. The number of amides is 2. The molecule has 0 radical (unpaired) electrons. The summed E-state index contributed by atoms with van der Waals surface area (Å²) in [6, 6.07) is 29.2. The Hall–Kier alpha value is -3.10. The van der Waals surface area contributed by atoms with Gasteiger partial charge in [0, 0.05) is 20.1 Å². The lowest BCUT2D eigenvalue weighted by molar-refractivity contribution is -0.138. The van der Waals surface area contributed by atoms with Gasteiger partial charge in [-0.05, 0) is 70.8 Å². The summed E-state index contributed by atoms with van der Waals surface area (Å²) in [5, 5.41) is 8.53. The first-order chi connectivity index (χ1) is 20.3. The maximum absolute atomic E-state index is 11.7. The number of carbonyl (C=O) groups excluding carboxylic acids is 2. The molecule has 0 aromatic heterocycles. The first-order valence-electron chi connectivity index (χ1n) is 13.1. The molecule has 0 unspecified atom stereocenters. The van der Waals surface area contributed by atoms with Crippen molar-refractivity contribution >= 4 is 58.2 Å². The van der Waals surface area contributed by atoms with Gasteiger partial charge in [0.25, 0.3) is 0 Å². The Morgan fingerprint density at radius 1 is 0.512 bits per heavy atom. The van der Waals surface area contributed by atoms with Crippen molar-refractivity contribution in [3.8, 4) is 0 Å². The van der Waals surface area contributed by atoms with Gasteiger partial charge in [-0.2, -0.15) is 0 Å². The number of ether oxygens (including phenoxy) is 2. The van der Waals surface area contributed by atoms with Crippen LogP contribution in [-0.4, -0.2) is 25.0 Å². The maximum atomic E-state index is 11.7. The molecule has 0 spiro atoms. The molecule has 2 amide bonds. The average molecular weight is 660 g/mol. The zero-order valence-corrected chi connectivity index (χ0v) is 25.1. The van der Waals surface area contributed by atoms with E-state index in [0.29, 0.717) is 20.1 Å². The SMILES string of the molecule is C.O=C1CO[C@@H](c2cccc(Cl)c2)[C@@H](c2ccc(Cl)cc2)N1.O=C1CO[C@H](c2cccc(Cl)c2)[C@H](c2ccc(Cl)cc2)N1. The Labute approximate surface area is 271 Å². The Balaban J connectivity index is 0.000000192. The molecule has 2 N–H and O–H groups in total. The van der Waals surface area contributed by atoms with Crippen LogP contribution in [0.25, 0.3) is 0 Å². The van der Waals surface area contributed by atoms with Crippen molar-refractivity contribution in [3.05, 3.63) is 139 Å². The highest BCUT2D eigenvalue weighted by atomic mass is 35.5. The third-order valence-electron chi connectivity index (χ3n) is 6.84. The molecule has 4 atom stereocenters. The molecule has 2 aliphatic rings. The van der Waals surface area contributed by atoms with Gasteiger partial charge >= 0.3 is 0 Å². The first-order valence-corrected chi connectivity index (χ1v) is 14.6. The predicted molar refractivity (Wildman–Crippen MR) is 172 cm³/mol. The molecular formula is C33H30Cl4N2O4. The first kappa shape index (κ1) is 32.8. The fraction of sp³-hybridized carbons (Fsp3) is 0.212. The molecule has 0 saturated carbocycles. The molecule has 6 nitrogen and oxygen atoms in total. The van der Waals surface area contributed by atoms with E-state index in [1.165, 1.54) is 0 Å². The van der Waals surface area contributed by atoms with Crippen molar-refractivity contribution in [1.29, 1.82) is 0 Å². The number of halogens is 4. The molecule has 2 fully saturated rings. The van der Waals surface area contributed by atoms with E-state index in [4.69, 9.17) is 55.9 Å². The zero-order valence-electron chi connectivity index (χ0n) is 22.1. The Kier molecular flexibility index (Phi) is 11.5. The van der Waals surface area contributed by atoms with Crippen molar-refractivity contribution in [1.82, 2.24) is 10.6 Å². The third-order valence-corrected chi connectivity index (χ3v) is 7.81. The monoisotopic (exact) mass is 658 g/mol. The maximum Gasteiger partial charge on any atom is 0.246 e. The van der Waals surface area contributed by atoms with Crippen molar-refractivity contribution < 1.29 is 19.1 Å². The van der Waals surface area contributed by atoms with Crippen LogP contribution in [-0.2, 0) is 19.1 Å². The van der Waals surface area contributed by atoms with Crippen LogP contribution in [0.2, 0.25) is 20.1 Å².